The molecule has 3 rings (SSSR count). The fraction of sp³-hybridized carbons (Fsp3) is 0.381. The van der Waals surface area contributed by atoms with Gasteiger partial charge in [0.25, 0.3) is 5.91 Å². The minimum Gasteiger partial charge on any atom is -0.493 e. The maximum atomic E-state index is 12.8. The van der Waals surface area contributed by atoms with E-state index in [1.165, 1.54) is 24.0 Å². The Morgan fingerprint density at radius 3 is 2.52 bits per heavy atom. The van der Waals surface area contributed by atoms with Crippen molar-refractivity contribution < 1.29 is 14.3 Å². The monoisotopic (exact) mass is 339 g/mol. The first-order valence-corrected chi connectivity index (χ1v) is 8.71. The number of amides is 1. The molecule has 1 aliphatic rings. The number of methoxy groups -OCH3 is 2. The molecule has 0 heterocycles. The van der Waals surface area contributed by atoms with Crippen LogP contribution in [0, 0.1) is 0 Å². The quantitative estimate of drug-likeness (QED) is 0.830. The number of aryl methyl sites for hydroxylation is 2. The van der Waals surface area contributed by atoms with Crippen molar-refractivity contribution in [2.24, 2.45) is 0 Å². The smallest absolute Gasteiger partial charge is 0.253 e. The molecule has 0 fully saturated rings. The van der Waals surface area contributed by atoms with Gasteiger partial charge in [-0.2, -0.15) is 0 Å². The largest absolute Gasteiger partial charge is 0.493 e. The summed E-state index contributed by atoms with van der Waals surface area (Å²) < 4.78 is 10.8. The van der Waals surface area contributed by atoms with E-state index >= 15 is 0 Å². The summed E-state index contributed by atoms with van der Waals surface area (Å²) in [5.41, 5.74) is 4.39. The van der Waals surface area contributed by atoms with E-state index in [9.17, 15) is 4.79 Å². The van der Waals surface area contributed by atoms with E-state index in [0.717, 1.165) is 24.0 Å². The van der Waals surface area contributed by atoms with Crippen LogP contribution < -0.4 is 9.47 Å². The first-order valence-electron chi connectivity index (χ1n) is 8.71. The van der Waals surface area contributed by atoms with Crippen LogP contribution in [0.2, 0.25) is 0 Å². The third-order valence-electron chi connectivity index (χ3n) is 4.83. The molecule has 0 unspecified atom stereocenters. The van der Waals surface area contributed by atoms with Crippen LogP contribution in [0.3, 0.4) is 0 Å². The van der Waals surface area contributed by atoms with Gasteiger partial charge in [0.1, 0.15) is 0 Å². The molecule has 132 valence electrons. The van der Waals surface area contributed by atoms with E-state index in [-0.39, 0.29) is 5.91 Å². The zero-order valence-electron chi connectivity index (χ0n) is 15.2. The lowest BCUT2D eigenvalue weighted by atomic mass is 9.90. The SMILES string of the molecule is COc1cccc(CN(C)C(=O)c2ccc3c(c2)CCCC3)c1OC. The number of fused-ring (bicyclic) bond motifs is 1. The minimum absolute atomic E-state index is 0.0262. The van der Waals surface area contributed by atoms with Gasteiger partial charge in [-0.3, -0.25) is 4.79 Å². The van der Waals surface area contributed by atoms with Crippen molar-refractivity contribution in [3.8, 4) is 11.5 Å². The summed E-state index contributed by atoms with van der Waals surface area (Å²) in [4.78, 5) is 14.6. The Balaban J connectivity index is 1.79. The van der Waals surface area contributed by atoms with Crippen LogP contribution in [0.5, 0.6) is 11.5 Å². The molecular weight excluding hydrogens is 314 g/mol. The average Bonchev–Trinajstić information content (AvgIpc) is 2.66. The molecule has 2 aromatic rings. The number of benzene rings is 2. The molecule has 0 saturated carbocycles. The van der Waals surface area contributed by atoms with Crippen molar-refractivity contribution in [1.29, 1.82) is 0 Å². The number of para-hydroxylation sites is 1. The molecule has 1 amide bonds. The predicted octanol–water partition coefficient (Wildman–Crippen LogP) is 3.85. The van der Waals surface area contributed by atoms with E-state index in [0.29, 0.717) is 18.0 Å². The summed E-state index contributed by atoms with van der Waals surface area (Å²) in [6, 6.07) is 11.9. The van der Waals surface area contributed by atoms with Crippen LogP contribution in [0.1, 0.15) is 39.9 Å². The lowest BCUT2D eigenvalue weighted by Gasteiger charge is -2.21. The van der Waals surface area contributed by atoms with E-state index in [2.05, 4.69) is 12.1 Å². The van der Waals surface area contributed by atoms with Crippen LogP contribution in [0.15, 0.2) is 36.4 Å². The molecule has 0 aromatic heterocycles. The van der Waals surface area contributed by atoms with Gasteiger partial charge in [0.2, 0.25) is 0 Å². The van der Waals surface area contributed by atoms with Crippen molar-refractivity contribution in [2.45, 2.75) is 32.2 Å². The number of hydrogen-bond acceptors (Lipinski definition) is 3. The lowest BCUT2D eigenvalue weighted by Crippen LogP contribution is -2.26. The Hall–Kier alpha value is -2.49. The average molecular weight is 339 g/mol. The van der Waals surface area contributed by atoms with Crippen molar-refractivity contribution in [3.63, 3.8) is 0 Å². The zero-order valence-corrected chi connectivity index (χ0v) is 15.2. The second-order valence-corrected chi connectivity index (χ2v) is 6.50. The highest BCUT2D eigenvalue weighted by atomic mass is 16.5. The van der Waals surface area contributed by atoms with Crippen LogP contribution in [-0.2, 0) is 19.4 Å². The first-order chi connectivity index (χ1) is 12.1. The van der Waals surface area contributed by atoms with Gasteiger partial charge in [-0.25, -0.2) is 0 Å². The Bertz CT molecular complexity index is 770. The third kappa shape index (κ3) is 3.63. The minimum atomic E-state index is 0.0262. The summed E-state index contributed by atoms with van der Waals surface area (Å²) in [6.07, 6.45) is 4.65. The summed E-state index contributed by atoms with van der Waals surface area (Å²) in [5, 5.41) is 0. The van der Waals surface area contributed by atoms with E-state index in [1.807, 2.05) is 31.3 Å². The normalized spacial score (nSPS) is 13.1. The molecule has 0 bridgehead atoms. The van der Waals surface area contributed by atoms with Crippen molar-refractivity contribution >= 4 is 5.91 Å². The summed E-state index contributed by atoms with van der Waals surface area (Å²) in [7, 11) is 5.05. The van der Waals surface area contributed by atoms with Crippen LogP contribution in [-0.4, -0.2) is 32.1 Å². The maximum Gasteiger partial charge on any atom is 0.253 e. The number of carbonyl (C=O) groups is 1. The molecular formula is C21H25NO3. The number of nitrogens with zero attached hydrogens (tertiary/aromatic N) is 1. The maximum absolute atomic E-state index is 12.8. The van der Waals surface area contributed by atoms with Gasteiger partial charge in [0.05, 0.1) is 14.2 Å². The lowest BCUT2D eigenvalue weighted by molar-refractivity contribution is 0.0784. The molecule has 0 atom stereocenters. The van der Waals surface area contributed by atoms with Gasteiger partial charge in [0.15, 0.2) is 11.5 Å². The van der Waals surface area contributed by atoms with Crippen molar-refractivity contribution in [3.05, 3.63) is 58.7 Å². The van der Waals surface area contributed by atoms with E-state index in [4.69, 9.17) is 9.47 Å². The predicted molar refractivity (Wildman–Crippen MR) is 98.4 cm³/mol. The molecule has 25 heavy (non-hydrogen) atoms. The first kappa shape index (κ1) is 17.3. The second-order valence-electron chi connectivity index (χ2n) is 6.50. The number of hydrogen-bond donors (Lipinski definition) is 0. The zero-order chi connectivity index (χ0) is 17.8. The molecule has 0 saturated heterocycles. The van der Waals surface area contributed by atoms with Gasteiger partial charge in [-0.15, -0.1) is 0 Å². The Morgan fingerprint density at radius 2 is 1.80 bits per heavy atom. The summed E-state index contributed by atoms with van der Waals surface area (Å²) >= 11 is 0. The fourth-order valence-corrected chi connectivity index (χ4v) is 3.49. The topological polar surface area (TPSA) is 38.8 Å². The molecule has 2 aromatic carbocycles. The highest BCUT2D eigenvalue weighted by molar-refractivity contribution is 5.94. The molecule has 1 aliphatic carbocycles. The second kappa shape index (κ2) is 7.60. The summed E-state index contributed by atoms with van der Waals surface area (Å²) in [5.74, 6) is 1.38. The van der Waals surface area contributed by atoms with Gasteiger partial charge in [-0.1, -0.05) is 18.2 Å². The third-order valence-corrected chi connectivity index (χ3v) is 4.83. The standard InChI is InChI=1S/C21H25NO3/c1-22(14-18-9-6-10-19(24-2)20(18)25-3)21(23)17-12-11-15-7-4-5-8-16(15)13-17/h6,9-13H,4-5,7-8,14H2,1-3H3. The number of rotatable bonds is 5. The Morgan fingerprint density at radius 1 is 1.04 bits per heavy atom. The highest BCUT2D eigenvalue weighted by Crippen LogP contribution is 2.31. The van der Waals surface area contributed by atoms with Gasteiger partial charge >= 0.3 is 0 Å². The molecule has 0 N–H and O–H groups in total. The van der Waals surface area contributed by atoms with Gasteiger partial charge in [0, 0.05) is 24.7 Å². The number of carbonyl (C=O) groups excluding carboxylic acids is 1. The van der Waals surface area contributed by atoms with Gasteiger partial charge < -0.3 is 14.4 Å². The Labute approximate surface area is 149 Å². The molecule has 0 aliphatic heterocycles. The van der Waals surface area contributed by atoms with Crippen LogP contribution in [0.25, 0.3) is 0 Å². The fourth-order valence-electron chi connectivity index (χ4n) is 3.49. The van der Waals surface area contributed by atoms with Gasteiger partial charge in [-0.05, 0) is 55.0 Å². The van der Waals surface area contributed by atoms with E-state index in [1.54, 1.807) is 19.1 Å². The highest BCUT2D eigenvalue weighted by Gasteiger charge is 2.18. The molecule has 4 nitrogen and oxygen atoms in total. The van der Waals surface area contributed by atoms with Crippen LogP contribution >= 0.6 is 0 Å². The Kier molecular flexibility index (Phi) is 5.27. The van der Waals surface area contributed by atoms with Crippen molar-refractivity contribution in [1.82, 2.24) is 4.90 Å². The molecule has 0 radical (unpaired) electrons. The van der Waals surface area contributed by atoms with Crippen LogP contribution in [0.4, 0.5) is 0 Å². The molecule has 0 spiro atoms. The van der Waals surface area contributed by atoms with E-state index < -0.39 is 0 Å². The summed E-state index contributed by atoms with van der Waals surface area (Å²) in [6.45, 7) is 0.469. The molecule has 4 heteroatoms. The van der Waals surface area contributed by atoms with Crippen molar-refractivity contribution in [2.75, 3.05) is 21.3 Å². The number of ether oxygens (including phenoxy) is 2.